The summed E-state index contributed by atoms with van der Waals surface area (Å²) in [6, 6.07) is 8.62. The van der Waals surface area contributed by atoms with Crippen LogP contribution in [-0.2, 0) is 4.74 Å². The molecular weight excluding hydrogens is 335 g/mol. The van der Waals surface area contributed by atoms with Crippen LogP contribution in [0, 0.1) is 12.8 Å². The third kappa shape index (κ3) is 3.70. The maximum Gasteiger partial charge on any atom is 0.0920 e. The van der Waals surface area contributed by atoms with Gasteiger partial charge in [-0.25, -0.2) is 0 Å². The summed E-state index contributed by atoms with van der Waals surface area (Å²) in [5.41, 5.74) is 2.72. The Labute approximate surface area is 124 Å². The summed E-state index contributed by atoms with van der Waals surface area (Å²) < 4.78 is 7.38. The molecule has 0 radical (unpaired) electrons. The lowest BCUT2D eigenvalue weighted by atomic mass is 9.89. The molecule has 1 nitrogen and oxygen atoms in total. The van der Waals surface area contributed by atoms with Crippen LogP contribution in [0.4, 0.5) is 0 Å². The highest BCUT2D eigenvalue weighted by Crippen LogP contribution is 2.31. The minimum atomic E-state index is 0.269. The minimum absolute atomic E-state index is 0.269. The maximum absolute atomic E-state index is 6.35. The predicted molar refractivity (Wildman–Crippen MR) is 85.3 cm³/mol. The number of aryl methyl sites for hydroxylation is 1. The van der Waals surface area contributed by atoms with Gasteiger partial charge < -0.3 is 4.74 Å². The molecule has 18 heavy (non-hydrogen) atoms. The first-order valence-electron chi connectivity index (χ1n) is 6.97. The van der Waals surface area contributed by atoms with Gasteiger partial charge in [-0.05, 0) is 49.7 Å². The van der Waals surface area contributed by atoms with Gasteiger partial charge in [-0.1, -0.05) is 53.8 Å². The number of hydrogen-bond donors (Lipinski definition) is 0. The third-order valence-corrected chi connectivity index (χ3v) is 4.80. The van der Waals surface area contributed by atoms with E-state index in [0.29, 0.717) is 6.10 Å². The molecule has 2 rings (SSSR count). The number of ether oxygens (including phenoxy) is 1. The lowest BCUT2D eigenvalue weighted by Crippen LogP contribution is -2.23. The lowest BCUT2D eigenvalue weighted by Gasteiger charge is -2.30. The fraction of sp³-hybridized carbons (Fsp3) is 0.625. The second-order valence-corrected chi connectivity index (χ2v) is 6.40. The molecule has 0 spiro atoms. The molecule has 1 aliphatic carbocycles. The van der Waals surface area contributed by atoms with Crippen LogP contribution >= 0.6 is 22.6 Å². The normalized spacial score (nSPS) is 25.9. The highest BCUT2D eigenvalue weighted by atomic mass is 127. The second-order valence-electron chi connectivity index (χ2n) is 5.52. The van der Waals surface area contributed by atoms with E-state index in [9.17, 15) is 0 Å². The number of benzene rings is 1. The second kappa shape index (κ2) is 6.90. The van der Waals surface area contributed by atoms with Gasteiger partial charge in [-0.2, -0.15) is 0 Å². The van der Waals surface area contributed by atoms with E-state index in [4.69, 9.17) is 4.74 Å². The highest BCUT2D eigenvalue weighted by Gasteiger charge is 2.23. The quantitative estimate of drug-likeness (QED) is 0.540. The SMILES string of the molecule is Cc1ccccc1C(CI)OC1CCC(C)CC1. The van der Waals surface area contributed by atoms with Crippen LogP contribution in [0.5, 0.6) is 0 Å². The first-order chi connectivity index (χ1) is 8.70. The molecule has 1 aliphatic rings. The van der Waals surface area contributed by atoms with Crippen molar-refractivity contribution in [1.29, 1.82) is 0 Å². The third-order valence-electron chi connectivity index (χ3n) is 4.00. The van der Waals surface area contributed by atoms with Crippen molar-refractivity contribution >= 4 is 22.6 Å². The molecule has 0 aromatic heterocycles. The van der Waals surface area contributed by atoms with Gasteiger partial charge >= 0.3 is 0 Å². The predicted octanol–water partition coefficient (Wildman–Crippen LogP) is 5.07. The maximum atomic E-state index is 6.35. The number of halogens is 1. The highest BCUT2D eigenvalue weighted by molar-refractivity contribution is 14.1. The van der Waals surface area contributed by atoms with Crippen LogP contribution < -0.4 is 0 Å². The van der Waals surface area contributed by atoms with E-state index in [1.807, 2.05) is 0 Å². The molecule has 1 saturated carbocycles. The molecule has 100 valence electrons. The molecule has 1 aromatic carbocycles. The summed E-state index contributed by atoms with van der Waals surface area (Å²) in [4.78, 5) is 0. The summed E-state index contributed by atoms with van der Waals surface area (Å²) in [6.07, 6.45) is 5.87. The van der Waals surface area contributed by atoms with Crippen LogP contribution in [-0.4, -0.2) is 10.5 Å². The summed E-state index contributed by atoms with van der Waals surface area (Å²) in [5.74, 6) is 0.890. The van der Waals surface area contributed by atoms with E-state index >= 15 is 0 Å². The molecular formula is C16H23IO. The van der Waals surface area contributed by atoms with Crippen LogP contribution in [0.25, 0.3) is 0 Å². The van der Waals surface area contributed by atoms with Crippen molar-refractivity contribution < 1.29 is 4.74 Å². The first kappa shape index (κ1) is 14.3. The Balaban J connectivity index is 1.99. The molecule has 0 amide bonds. The average Bonchev–Trinajstić information content (AvgIpc) is 2.39. The van der Waals surface area contributed by atoms with E-state index in [-0.39, 0.29) is 6.10 Å². The van der Waals surface area contributed by atoms with Gasteiger partial charge in [0.05, 0.1) is 12.2 Å². The Morgan fingerprint density at radius 1 is 1.22 bits per heavy atom. The Kier molecular flexibility index (Phi) is 5.49. The Morgan fingerprint density at radius 2 is 1.89 bits per heavy atom. The van der Waals surface area contributed by atoms with E-state index in [0.717, 1.165) is 10.3 Å². The van der Waals surface area contributed by atoms with Gasteiger partial charge in [-0.3, -0.25) is 0 Å². The van der Waals surface area contributed by atoms with Crippen molar-refractivity contribution in [2.75, 3.05) is 4.43 Å². The summed E-state index contributed by atoms with van der Waals surface area (Å²) >= 11 is 2.44. The molecule has 0 saturated heterocycles. The van der Waals surface area contributed by atoms with Crippen molar-refractivity contribution in [2.24, 2.45) is 5.92 Å². The largest absolute Gasteiger partial charge is 0.369 e. The summed E-state index contributed by atoms with van der Waals surface area (Å²) in [5, 5.41) is 0. The molecule has 0 aliphatic heterocycles. The number of alkyl halides is 1. The smallest absolute Gasteiger partial charge is 0.0920 e. The molecule has 1 aromatic rings. The minimum Gasteiger partial charge on any atom is -0.369 e. The van der Waals surface area contributed by atoms with Gasteiger partial charge in [0.2, 0.25) is 0 Å². The molecule has 2 heteroatoms. The summed E-state index contributed by atoms with van der Waals surface area (Å²) in [7, 11) is 0. The van der Waals surface area contributed by atoms with Crippen molar-refractivity contribution in [3.05, 3.63) is 35.4 Å². The molecule has 1 atom stereocenters. The van der Waals surface area contributed by atoms with Crippen LogP contribution in [0.2, 0.25) is 0 Å². The molecule has 1 unspecified atom stereocenters. The average molecular weight is 358 g/mol. The Hall–Kier alpha value is -0.0900. The van der Waals surface area contributed by atoms with Crippen LogP contribution in [0.3, 0.4) is 0 Å². The zero-order chi connectivity index (χ0) is 13.0. The molecule has 0 N–H and O–H groups in total. The topological polar surface area (TPSA) is 9.23 Å². The fourth-order valence-corrected chi connectivity index (χ4v) is 3.42. The summed E-state index contributed by atoms with van der Waals surface area (Å²) in [6.45, 7) is 4.54. The first-order valence-corrected chi connectivity index (χ1v) is 8.50. The van der Waals surface area contributed by atoms with Crippen LogP contribution in [0.15, 0.2) is 24.3 Å². The van der Waals surface area contributed by atoms with E-state index in [1.54, 1.807) is 0 Å². The van der Waals surface area contributed by atoms with Crippen molar-refractivity contribution in [3.8, 4) is 0 Å². The monoisotopic (exact) mass is 358 g/mol. The van der Waals surface area contributed by atoms with E-state index in [1.165, 1.54) is 36.8 Å². The zero-order valence-corrected chi connectivity index (χ0v) is 13.5. The fourth-order valence-electron chi connectivity index (χ4n) is 2.74. The van der Waals surface area contributed by atoms with Crippen molar-refractivity contribution in [3.63, 3.8) is 0 Å². The molecule has 0 bridgehead atoms. The molecule has 0 heterocycles. The Morgan fingerprint density at radius 3 is 2.50 bits per heavy atom. The van der Waals surface area contributed by atoms with Crippen molar-refractivity contribution in [1.82, 2.24) is 0 Å². The van der Waals surface area contributed by atoms with Crippen molar-refractivity contribution in [2.45, 2.75) is 51.7 Å². The van der Waals surface area contributed by atoms with Gasteiger partial charge in [-0.15, -0.1) is 0 Å². The zero-order valence-electron chi connectivity index (χ0n) is 11.4. The van der Waals surface area contributed by atoms with Gasteiger partial charge in [0.1, 0.15) is 0 Å². The lowest BCUT2D eigenvalue weighted by molar-refractivity contribution is -0.0250. The number of hydrogen-bond acceptors (Lipinski definition) is 1. The van der Waals surface area contributed by atoms with Gasteiger partial charge in [0, 0.05) is 4.43 Å². The standard InChI is InChI=1S/C16H23IO/c1-12-7-9-14(10-8-12)18-16(11-17)15-6-4-3-5-13(15)2/h3-6,12,14,16H,7-11H2,1-2H3. The van der Waals surface area contributed by atoms with E-state index in [2.05, 4.69) is 60.7 Å². The number of rotatable bonds is 4. The van der Waals surface area contributed by atoms with Gasteiger partial charge in [0.25, 0.3) is 0 Å². The van der Waals surface area contributed by atoms with E-state index < -0.39 is 0 Å². The van der Waals surface area contributed by atoms with Crippen LogP contribution in [0.1, 0.15) is 49.8 Å². The Bertz CT molecular complexity index is 369. The molecule has 1 fully saturated rings. The van der Waals surface area contributed by atoms with Gasteiger partial charge in [0.15, 0.2) is 0 Å².